The average molecular weight is 173 g/mol. The third-order valence-corrected chi connectivity index (χ3v) is 2.66. The SMILES string of the molecule is CN(C)C(CO)C1CCOCC1. The third kappa shape index (κ3) is 2.44. The molecule has 1 aliphatic heterocycles. The Morgan fingerprint density at radius 2 is 2.00 bits per heavy atom. The Kier molecular flexibility index (Phi) is 3.98. The molecule has 1 unspecified atom stereocenters. The Hall–Kier alpha value is -0.120. The van der Waals surface area contributed by atoms with E-state index in [4.69, 9.17) is 9.84 Å². The molecule has 3 nitrogen and oxygen atoms in total. The van der Waals surface area contributed by atoms with Gasteiger partial charge >= 0.3 is 0 Å². The standard InChI is InChI=1S/C9H19NO2/c1-10(2)9(7-11)8-3-5-12-6-4-8/h8-9,11H,3-7H2,1-2H3. The number of hydrogen-bond donors (Lipinski definition) is 1. The maximum absolute atomic E-state index is 9.17. The Labute approximate surface area is 74.3 Å². The fourth-order valence-corrected chi connectivity index (χ4v) is 1.83. The Morgan fingerprint density at radius 3 is 2.42 bits per heavy atom. The topological polar surface area (TPSA) is 32.7 Å². The van der Waals surface area contributed by atoms with Crippen molar-refractivity contribution in [2.45, 2.75) is 18.9 Å². The maximum Gasteiger partial charge on any atom is 0.0589 e. The molecule has 0 aromatic heterocycles. The summed E-state index contributed by atoms with van der Waals surface area (Å²) in [6.45, 7) is 1.97. The molecule has 1 atom stereocenters. The minimum atomic E-state index is 0.262. The first-order valence-electron chi connectivity index (χ1n) is 4.60. The first-order chi connectivity index (χ1) is 5.75. The second-order valence-electron chi connectivity index (χ2n) is 3.66. The maximum atomic E-state index is 9.17. The van der Waals surface area contributed by atoms with E-state index in [1.807, 2.05) is 14.1 Å². The van der Waals surface area contributed by atoms with Crippen molar-refractivity contribution in [2.24, 2.45) is 5.92 Å². The number of hydrogen-bond acceptors (Lipinski definition) is 3. The van der Waals surface area contributed by atoms with Gasteiger partial charge < -0.3 is 14.7 Å². The van der Waals surface area contributed by atoms with Crippen molar-refractivity contribution in [3.05, 3.63) is 0 Å². The van der Waals surface area contributed by atoms with E-state index in [1.165, 1.54) is 0 Å². The minimum absolute atomic E-state index is 0.262. The molecule has 0 radical (unpaired) electrons. The van der Waals surface area contributed by atoms with Gasteiger partial charge in [0, 0.05) is 19.3 Å². The largest absolute Gasteiger partial charge is 0.395 e. The predicted octanol–water partition coefficient (Wildman–Crippen LogP) is 0.335. The van der Waals surface area contributed by atoms with Crippen LogP contribution in [0.3, 0.4) is 0 Å². The Morgan fingerprint density at radius 1 is 1.42 bits per heavy atom. The molecule has 0 spiro atoms. The van der Waals surface area contributed by atoms with E-state index in [2.05, 4.69) is 4.90 Å². The predicted molar refractivity (Wildman–Crippen MR) is 48.1 cm³/mol. The summed E-state index contributed by atoms with van der Waals surface area (Å²) in [5.41, 5.74) is 0. The molecule has 72 valence electrons. The second-order valence-corrected chi connectivity index (χ2v) is 3.66. The van der Waals surface area contributed by atoms with E-state index >= 15 is 0 Å². The quantitative estimate of drug-likeness (QED) is 0.668. The van der Waals surface area contributed by atoms with Crippen molar-refractivity contribution in [1.29, 1.82) is 0 Å². The van der Waals surface area contributed by atoms with Crippen LogP contribution in [0.5, 0.6) is 0 Å². The van der Waals surface area contributed by atoms with Crippen molar-refractivity contribution in [3.8, 4) is 0 Å². The van der Waals surface area contributed by atoms with E-state index in [1.54, 1.807) is 0 Å². The normalized spacial score (nSPS) is 23.0. The summed E-state index contributed by atoms with van der Waals surface area (Å²) in [6, 6.07) is 0.314. The number of likely N-dealkylation sites (N-methyl/N-ethyl adjacent to an activating group) is 1. The highest BCUT2D eigenvalue weighted by Gasteiger charge is 2.24. The highest BCUT2D eigenvalue weighted by molar-refractivity contribution is 4.77. The summed E-state index contributed by atoms with van der Waals surface area (Å²) < 4.78 is 5.27. The van der Waals surface area contributed by atoms with Crippen molar-refractivity contribution in [2.75, 3.05) is 33.9 Å². The van der Waals surface area contributed by atoms with Gasteiger partial charge in [-0.3, -0.25) is 0 Å². The lowest BCUT2D eigenvalue weighted by molar-refractivity contribution is 0.0208. The van der Waals surface area contributed by atoms with E-state index < -0.39 is 0 Å². The molecule has 0 bridgehead atoms. The number of aliphatic hydroxyl groups is 1. The molecule has 0 aromatic carbocycles. The number of ether oxygens (including phenoxy) is 1. The lowest BCUT2D eigenvalue weighted by Gasteiger charge is -2.33. The van der Waals surface area contributed by atoms with Gasteiger partial charge in [-0.1, -0.05) is 0 Å². The molecular weight excluding hydrogens is 154 g/mol. The van der Waals surface area contributed by atoms with E-state index in [-0.39, 0.29) is 6.61 Å². The van der Waals surface area contributed by atoms with Gasteiger partial charge in [0.2, 0.25) is 0 Å². The molecule has 3 heteroatoms. The summed E-state index contributed by atoms with van der Waals surface area (Å²) in [5, 5.41) is 9.17. The number of rotatable bonds is 3. The lowest BCUT2D eigenvalue weighted by atomic mass is 9.91. The van der Waals surface area contributed by atoms with Gasteiger partial charge in [-0.05, 0) is 32.9 Å². The molecule has 1 saturated heterocycles. The third-order valence-electron chi connectivity index (χ3n) is 2.66. The molecule has 12 heavy (non-hydrogen) atoms. The second kappa shape index (κ2) is 4.80. The number of aliphatic hydroxyl groups excluding tert-OH is 1. The molecule has 0 aromatic rings. The fraction of sp³-hybridized carbons (Fsp3) is 1.00. The Bertz CT molecular complexity index is 122. The van der Waals surface area contributed by atoms with Crippen LogP contribution in [-0.2, 0) is 4.74 Å². The van der Waals surface area contributed by atoms with Gasteiger partial charge in [-0.15, -0.1) is 0 Å². The average Bonchev–Trinajstić information content (AvgIpc) is 2.07. The fourth-order valence-electron chi connectivity index (χ4n) is 1.83. The van der Waals surface area contributed by atoms with Crippen LogP contribution in [0.1, 0.15) is 12.8 Å². The molecule has 0 amide bonds. The van der Waals surface area contributed by atoms with Crippen molar-refractivity contribution < 1.29 is 9.84 Å². The van der Waals surface area contributed by atoms with Crippen LogP contribution >= 0.6 is 0 Å². The highest BCUT2D eigenvalue weighted by Crippen LogP contribution is 2.20. The number of nitrogens with zero attached hydrogens (tertiary/aromatic N) is 1. The molecule has 1 aliphatic rings. The minimum Gasteiger partial charge on any atom is -0.395 e. The molecule has 1 fully saturated rings. The van der Waals surface area contributed by atoms with Crippen LogP contribution in [0.15, 0.2) is 0 Å². The molecule has 0 saturated carbocycles. The Balaban J connectivity index is 2.40. The smallest absolute Gasteiger partial charge is 0.0589 e. The highest BCUT2D eigenvalue weighted by atomic mass is 16.5. The zero-order chi connectivity index (χ0) is 8.97. The summed E-state index contributed by atoms with van der Waals surface area (Å²) in [7, 11) is 4.05. The van der Waals surface area contributed by atoms with Crippen molar-refractivity contribution in [1.82, 2.24) is 4.90 Å². The van der Waals surface area contributed by atoms with E-state index in [9.17, 15) is 0 Å². The van der Waals surface area contributed by atoms with Gasteiger partial charge in [0.25, 0.3) is 0 Å². The van der Waals surface area contributed by atoms with Gasteiger partial charge in [0.1, 0.15) is 0 Å². The van der Waals surface area contributed by atoms with E-state index in [0.717, 1.165) is 26.1 Å². The van der Waals surface area contributed by atoms with Gasteiger partial charge in [-0.25, -0.2) is 0 Å². The monoisotopic (exact) mass is 173 g/mol. The first-order valence-corrected chi connectivity index (χ1v) is 4.60. The molecule has 1 heterocycles. The van der Waals surface area contributed by atoms with Gasteiger partial charge in [0.05, 0.1) is 6.61 Å². The molecular formula is C9H19NO2. The van der Waals surface area contributed by atoms with E-state index in [0.29, 0.717) is 12.0 Å². The summed E-state index contributed by atoms with van der Waals surface area (Å²) in [6.07, 6.45) is 2.17. The van der Waals surface area contributed by atoms with Crippen molar-refractivity contribution >= 4 is 0 Å². The molecule has 0 aliphatic carbocycles. The van der Waals surface area contributed by atoms with Gasteiger partial charge in [0.15, 0.2) is 0 Å². The van der Waals surface area contributed by atoms with Crippen LogP contribution in [0, 0.1) is 5.92 Å². The van der Waals surface area contributed by atoms with Crippen LogP contribution in [0.25, 0.3) is 0 Å². The van der Waals surface area contributed by atoms with Crippen LogP contribution in [-0.4, -0.2) is 50.0 Å². The van der Waals surface area contributed by atoms with Crippen LogP contribution < -0.4 is 0 Å². The zero-order valence-corrected chi connectivity index (χ0v) is 7.99. The first kappa shape index (κ1) is 9.96. The lowest BCUT2D eigenvalue weighted by Crippen LogP contribution is -2.40. The zero-order valence-electron chi connectivity index (χ0n) is 7.99. The molecule has 1 N–H and O–H groups in total. The van der Waals surface area contributed by atoms with Crippen molar-refractivity contribution in [3.63, 3.8) is 0 Å². The summed E-state index contributed by atoms with van der Waals surface area (Å²) >= 11 is 0. The van der Waals surface area contributed by atoms with Crippen LogP contribution in [0.2, 0.25) is 0 Å². The van der Waals surface area contributed by atoms with Crippen LogP contribution in [0.4, 0.5) is 0 Å². The molecule has 1 rings (SSSR count). The van der Waals surface area contributed by atoms with Gasteiger partial charge in [-0.2, -0.15) is 0 Å². The summed E-state index contributed by atoms with van der Waals surface area (Å²) in [4.78, 5) is 2.11. The summed E-state index contributed by atoms with van der Waals surface area (Å²) in [5.74, 6) is 0.610.